The highest BCUT2D eigenvalue weighted by Gasteiger charge is 2.46. The standard InChI is InChI=1S/C64H44N2/c1-63(2)56-29-16-26-51-53-40-47(35-38-59(53)66-58-30-14-11-25-50(58)52-36-37-57(63)61(60(51)56)62(52)66)65(46-22-15-19-42(39-46)41-17-5-3-6-18-41)45-33-31-44(32-34-45)64(43-20-7-4-8-21-43)54-27-12-9-23-48(54)49-24-10-13-28-55(49)64/h3-40H,1-2H3. The summed E-state index contributed by atoms with van der Waals surface area (Å²) in [6, 6.07) is 86.1. The number of rotatable bonds is 6. The monoisotopic (exact) mass is 840 g/mol. The number of hydrogen-bond acceptors (Lipinski definition) is 1. The van der Waals surface area contributed by atoms with Crippen molar-refractivity contribution in [2.75, 3.05) is 4.90 Å². The van der Waals surface area contributed by atoms with Gasteiger partial charge in [-0.25, -0.2) is 0 Å². The van der Waals surface area contributed by atoms with Crippen LogP contribution in [0.2, 0.25) is 0 Å². The minimum atomic E-state index is -0.477. The van der Waals surface area contributed by atoms with Gasteiger partial charge in [-0.1, -0.05) is 196 Å². The van der Waals surface area contributed by atoms with Crippen LogP contribution in [0.5, 0.6) is 0 Å². The molecule has 0 saturated heterocycles. The van der Waals surface area contributed by atoms with E-state index < -0.39 is 5.41 Å². The van der Waals surface area contributed by atoms with Crippen LogP contribution in [-0.2, 0) is 10.8 Å². The van der Waals surface area contributed by atoms with Gasteiger partial charge in [0.05, 0.1) is 22.1 Å². The van der Waals surface area contributed by atoms with E-state index in [1.165, 1.54) is 105 Å². The van der Waals surface area contributed by atoms with Crippen LogP contribution in [0, 0.1) is 0 Å². The Morgan fingerprint density at radius 3 is 1.71 bits per heavy atom. The third-order valence-electron chi connectivity index (χ3n) is 15.2. The van der Waals surface area contributed by atoms with Crippen LogP contribution in [0.15, 0.2) is 231 Å². The highest BCUT2D eigenvalue weighted by Crippen LogP contribution is 2.59. The van der Waals surface area contributed by atoms with Gasteiger partial charge in [0.15, 0.2) is 0 Å². The highest BCUT2D eigenvalue weighted by molar-refractivity contribution is 6.18. The van der Waals surface area contributed by atoms with Gasteiger partial charge in [-0.3, -0.25) is 0 Å². The summed E-state index contributed by atoms with van der Waals surface area (Å²) in [6.45, 7) is 4.80. The molecule has 0 spiro atoms. The molecule has 2 aliphatic carbocycles. The van der Waals surface area contributed by atoms with Gasteiger partial charge >= 0.3 is 0 Å². The zero-order valence-electron chi connectivity index (χ0n) is 36.8. The molecule has 2 heterocycles. The first-order valence-electron chi connectivity index (χ1n) is 23.2. The lowest BCUT2D eigenvalue weighted by molar-refractivity contribution is 0.661. The van der Waals surface area contributed by atoms with Crippen molar-refractivity contribution in [3.8, 4) is 50.2 Å². The van der Waals surface area contributed by atoms with Gasteiger partial charge in [-0.05, 0) is 115 Å². The maximum Gasteiger partial charge on any atom is 0.0713 e. The molecule has 2 nitrogen and oxygen atoms in total. The molecule has 66 heavy (non-hydrogen) atoms. The third-order valence-corrected chi connectivity index (χ3v) is 15.2. The molecule has 0 fully saturated rings. The summed E-state index contributed by atoms with van der Waals surface area (Å²) in [5, 5.41) is 2.59. The minimum absolute atomic E-state index is 0.131. The van der Waals surface area contributed by atoms with E-state index in [0.717, 1.165) is 17.1 Å². The highest BCUT2D eigenvalue weighted by atomic mass is 15.1. The largest absolute Gasteiger partial charge is 0.310 e. The third kappa shape index (κ3) is 4.91. The molecule has 2 heteroatoms. The first-order valence-corrected chi connectivity index (χ1v) is 23.2. The summed E-state index contributed by atoms with van der Waals surface area (Å²) in [6.07, 6.45) is 0. The van der Waals surface area contributed by atoms with E-state index >= 15 is 0 Å². The molecule has 0 atom stereocenters. The molecule has 0 bridgehead atoms. The number of nitrogens with zero attached hydrogens (tertiary/aromatic N) is 2. The normalized spacial score (nSPS) is 14.2. The zero-order valence-corrected chi connectivity index (χ0v) is 36.8. The Morgan fingerprint density at radius 1 is 0.364 bits per heavy atom. The van der Waals surface area contributed by atoms with E-state index in [1.807, 2.05) is 0 Å². The summed E-state index contributed by atoms with van der Waals surface area (Å²) in [7, 11) is 0. The molecule has 0 N–H and O–H groups in total. The van der Waals surface area contributed by atoms with E-state index in [2.05, 4.69) is 254 Å². The Morgan fingerprint density at radius 2 is 0.939 bits per heavy atom. The molecule has 0 radical (unpaired) electrons. The van der Waals surface area contributed by atoms with Crippen molar-refractivity contribution in [3.05, 3.63) is 264 Å². The lowest BCUT2D eigenvalue weighted by Crippen LogP contribution is -2.28. The van der Waals surface area contributed by atoms with E-state index in [0.29, 0.717) is 0 Å². The molecule has 14 rings (SSSR count). The quantitative estimate of drug-likeness (QED) is 0.162. The molecule has 1 aromatic heterocycles. The molecule has 0 saturated carbocycles. The second-order valence-corrected chi connectivity index (χ2v) is 18.8. The van der Waals surface area contributed by atoms with Crippen molar-refractivity contribution in [3.63, 3.8) is 0 Å². The fraction of sp³-hybridized carbons (Fsp3) is 0.0625. The predicted molar refractivity (Wildman–Crippen MR) is 275 cm³/mol. The zero-order chi connectivity index (χ0) is 43.7. The van der Waals surface area contributed by atoms with Crippen molar-refractivity contribution < 1.29 is 0 Å². The Bertz CT molecular complexity index is 3730. The van der Waals surface area contributed by atoms with Crippen LogP contribution in [-0.4, -0.2) is 4.57 Å². The number of aromatic nitrogens is 1. The average Bonchev–Trinajstić information content (AvgIpc) is 3.93. The SMILES string of the molecule is CC1(C)c2cccc3c2-c2c1ccc1c4ccccc4n(c21)-c1ccc(N(c2ccc(C4(c5ccccc5)c5ccccc5-c5ccccc54)cc2)c2cccc(-c4ccccc4)c2)cc1-3. The average molecular weight is 841 g/mol. The van der Waals surface area contributed by atoms with E-state index in [4.69, 9.17) is 0 Å². The number of hydrogen-bond donors (Lipinski definition) is 0. The first-order chi connectivity index (χ1) is 32.5. The second-order valence-electron chi connectivity index (χ2n) is 18.8. The summed E-state index contributed by atoms with van der Waals surface area (Å²) < 4.78 is 2.56. The molecule has 11 aromatic rings. The molecule has 1 aliphatic heterocycles. The van der Waals surface area contributed by atoms with Crippen LogP contribution < -0.4 is 4.90 Å². The fourth-order valence-corrected chi connectivity index (χ4v) is 12.3. The topological polar surface area (TPSA) is 8.17 Å². The number of para-hydroxylation sites is 1. The lowest BCUT2D eigenvalue weighted by atomic mass is 9.68. The second kappa shape index (κ2) is 13.7. The van der Waals surface area contributed by atoms with Gasteiger partial charge in [-0.2, -0.15) is 0 Å². The lowest BCUT2D eigenvalue weighted by Gasteiger charge is -2.34. The maximum absolute atomic E-state index is 2.56. The molecule has 310 valence electrons. The van der Waals surface area contributed by atoms with Gasteiger partial charge in [-0.15, -0.1) is 0 Å². The van der Waals surface area contributed by atoms with Crippen molar-refractivity contribution in [1.29, 1.82) is 0 Å². The van der Waals surface area contributed by atoms with Gasteiger partial charge in [0.2, 0.25) is 0 Å². The van der Waals surface area contributed by atoms with Crippen molar-refractivity contribution >= 4 is 38.9 Å². The fourth-order valence-electron chi connectivity index (χ4n) is 12.3. The molecule has 0 amide bonds. The van der Waals surface area contributed by atoms with Crippen LogP contribution in [0.1, 0.15) is 47.2 Å². The summed E-state index contributed by atoms with van der Waals surface area (Å²) in [4.78, 5) is 2.46. The Hall–Kier alpha value is -8.20. The summed E-state index contributed by atoms with van der Waals surface area (Å²) >= 11 is 0. The van der Waals surface area contributed by atoms with Crippen LogP contribution in [0.3, 0.4) is 0 Å². The van der Waals surface area contributed by atoms with Crippen molar-refractivity contribution in [2.24, 2.45) is 0 Å². The van der Waals surface area contributed by atoms with Gasteiger partial charge in [0.1, 0.15) is 0 Å². The molecular weight excluding hydrogens is 797 g/mol. The Labute approximate surface area is 385 Å². The van der Waals surface area contributed by atoms with Crippen LogP contribution in [0.4, 0.5) is 17.1 Å². The van der Waals surface area contributed by atoms with Gasteiger partial charge in [0.25, 0.3) is 0 Å². The predicted octanol–water partition coefficient (Wildman–Crippen LogP) is 16.6. The Balaban J connectivity index is 1.01. The molecule has 10 aromatic carbocycles. The first kappa shape index (κ1) is 37.2. The van der Waals surface area contributed by atoms with Crippen molar-refractivity contribution in [2.45, 2.75) is 24.7 Å². The summed E-state index contributed by atoms with van der Waals surface area (Å²) in [5.74, 6) is 0. The molecule has 3 aliphatic rings. The number of benzene rings is 10. The Kier molecular flexibility index (Phi) is 7.70. The maximum atomic E-state index is 2.56. The van der Waals surface area contributed by atoms with E-state index in [9.17, 15) is 0 Å². The minimum Gasteiger partial charge on any atom is -0.310 e. The van der Waals surface area contributed by atoms with E-state index in [-0.39, 0.29) is 5.41 Å². The van der Waals surface area contributed by atoms with Gasteiger partial charge in [0, 0.05) is 44.4 Å². The van der Waals surface area contributed by atoms with Crippen LogP contribution in [0.25, 0.3) is 72.0 Å². The molecule has 0 unspecified atom stereocenters. The summed E-state index contributed by atoms with van der Waals surface area (Å²) in [5.41, 5.74) is 24.6. The van der Waals surface area contributed by atoms with Crippen molar-refractivity contribution in [1.82, 2.24) is 4.57 Å². The van der Waals surface area contributed by atoms with E-state index in [1.54, 1.807) is 0 Å². The van der Waals surface area contributed by atoms with Crippen LogP contribution >= 0.6 is 0 Å². The van der Waals surface area contributed by atoms with Gasteiger partial charge < -0.3 is 9.47 Å². The number of fused-ring (bicyclic) bond motifs is 9. The smallest absolute Gasteiger partial charge is 0.0713 e. The number of anilines is 3. The molecular formula is C64H44N2.